The molecule has 6 nitrogen and oxygen atoms in total. The summed E-state index contributed by atoms with van der Waals surface area (Å²) < 4.78 is 7.23. The molecular formula is C14H15N3O3. The summed E-state index contributed by atoms with van der Waals surface area (Å²) in [4.78, 5) is 11.2. The number of methoxy groups -OCH3 is 1. The Morgan fingerprint density at radius 2 is 2.20 bits per heavy atom. The molecule has 2 heterocycles. The first kappa shape index (κ1) is 12.7. The van der Waals surface area contributed by atoms with Crippen LogP contribution in [0.3, 0.4) is 0 Å². The maximum Gasteiger partial charge on any atom is 0.308 e. The Labute approximate surface area is 116 Å². The molecule has 0 bridgehead atoms. The second-order valence-corrected chi connectivity index (χ2v) is 4.82. The standard InChI is InChI=1S/C14H15N3O3/c1-20-11-5-3-2-4-10(11)13-16-15-12-7-6-9(14(18)19)8-17(12)13/h2-5,9H,6-8H2,1H3,(H,18,19). The van der Waals surface area contributed by atoms with Gasteiger partial charge in [-0.05, 0) is 18.6 Å². The fourth-order valence-corrected chi connectivity index (χ4v) is 2.56. The van der Waals surface area contributed by atoms with Crippen molar-refractivity contribution in [1.82, 2.24) is 14.8 Å². The number of aromatic nitrogens is 3. The zero-order valence-corrected chi connectivity index (χ0v) is 11.1. The van der Waals surface area contributed by atoms with Gasteiger partial charge in [0, 0.05) is 13.0 Å². The number of nitrogens with zero attached hydrogens (tertiary/aromatic N) is 3. The highest BCUT2D eigenvalue weighted by atomic mass is 16.5. The Balaban J connectivity index is 2.05. The third-order valence-corrected chi connectivity index (χ3v) is 3.64. The smallest absolute Gasteiger partial charge is 0.308 e. The molecule has 0 amide bonds. The van der Waals surface area contributed by atoms with Gasteiger partial charge < -0.3 is 14.4 Å². The molecule has 2 aromatic rings. The van der Waals surface area contributed by atoms with E-state index in [0.717, 1.165) is 11.4 Å². The molecule has 1 aliphatic rings. The Hall–Kier alpha value is -2.37. The Morgan fingerprint density at radius 3 is 2.95 bits per heavy atom. The van der Waals surface area contributed by atoms with E-state index in [-0.39, 0.29) is 5.92 Å². The summed E-state index contributed by atoms with van der Waals surface area (Å²) >= 11 is 0. The van der Waals surface area contributed by atoms with Crippen LogP contribution in [0.4, 0.5) is 0 Å². The van der Waals surface area contributed by atoms with Crippen LogP contribution in [0, 0.1) is 5.92 Å². The van der Waals surface area contributed by atoms with Crippen molar-refractivity contribution >= 4 is 5.97 Å². The summed E-state index contributed by atoms with van der Waals surface area (Å²) in [5, 5.41) is 17.6. The lowest BCUT2D eigenvalue weighted by Gasteiger charge is -2.21. The van der Waals surface area contributed by atoms with Crippen LogP contribution in [-0.4, -0.2) is 33.0 Å². The average Bonchev–Trinajstić information content (AvgIpc) is 2.89. The van der Waals surface area contributed by atoms with Crippen molar-refractivity contribution in [3.63, 3.8) is 0 Å². The first-order valence-electron chi connectivity index (χ1n) is 6.49. The van der Waals surface area contributed by atoms with Crippen LogP contribution in [0.25, 0.3) is 11.4 Å². The number of ether oxygens (including phenoxy) is 1. The van der Waals surface area contributed by atoms with E-state index in [9.17, 15) is 9.90 Å². The fraction of sp³-hybridized carbons (Fsp3) is 0.357. The van der Waals surface area contributed by atoms with Crippen molar-refractivity contribution in [2.24, 2.45) is 5.92 Å². The molecule has 0 fully saturated rings. The maximum atomic E-state index is 11.2. The number of hydrogen-bond acceptors (Lipinski definition) is 4. The van der Waals surface area contributed by atoms with Gasteiger partial charge in [0.15, 0.2) is 5.82 Å². The van der Waals surface area contributed by atoms with Crippen LogP contribution in [0.1, 0.15) is 12.2 Å². The zero-order chi connectivity index (χ0) is 14.1. The van der Waals surface area contributed by atoms with E-state index < -0.39 is 5.97 Å². The van der Waals surface area contributed by atoms with Gasteiger partial charge in [-0.3, -0.25) is 4.79 Å². The molecule has 0 saturated carbocycles. The van der Waals surface area contributed by atoms with E-state index in [2.05, 4.69) is 10.2 Å². The Morgan fingerprint density at radius 1 is 1.40 bits per heavy atom. The van der Waals surface area contributed by atoms with E-state index in [0.29, 0.717) is 31.0 Å². The lowest BCUT2D eigenvalue weighted by Crippen LogP contribution is -2.27. The molecule has 3 rings (SSSR count). The minimum Gasteiger partial charge on any atom is -0.496 e. The van der Waals surface area contributed by atoms with Crippen LogP contribution in [0.2, 0.25) is 0 Å². The molecular weight excluding hydrogens is 258 g/mol. The molecule has 104 valence electrons. The van der Waals surface area contributed by atoms with Gasteiger partial charge >= 0.3 is 5.97 Å². The van der Waals surface area contributed by atoms with Crippen LogP contribution in [0.5, 0.6) is 5.75 Å². The monoisotopic (exact) mass is 273 g/mol. The average molecular weight is 273 g/mol. The van der Waals surface area contributed by atoms with Gasteiger partial charge in [-0.15, -0.1) is 10.2 Å². The molecule has 6 heteroatoms. The second-order valence-electron chi connectivity index (χ2n) is 4.82. The number of fused-ring (bicyclic) bond motifs is 1. The van der Waals surface area contributed by atoms with Crippen LogP contribution in [-0.2, 0) is 17.8 Å². The SMILES string of the molecule is COc1ccccc1-c1nnc2n1CC(C(=O)O)CC2. The predicted octanol–water partition coefficient (Wildman–Crippen LogP) is 1.60. The molecule has 1 atom stereocenters. The molecule has 0 spiro atoms. The Bertz CT molecular complexity index is 651. The minimum absolute atomic E-state index is 0.382. The van der Waals surface area contributed by atoms with Gasteiger partial charge in [-0.2, -0.15) is 0 Å². The Kier molecular flexibility index (Phi) is 3.14. The normalized spacial score (nSPS) is 17.6. The van der Waals surface area contributed by atoms with Crippen LogP contribution >= 0.6 is 0 Å². The van der Waals surface area contributed by atoms with Crippen molar-refractivity contribution < 1.29 is 14.6 Å². The summed E-state index contributed by atoms with van der Waals surface area (Å²) in [5.74, 6) is 1.06. The van der Waals surface area contributed by atoms with E-state index >= 15 is 0 Å². The molecule has 1 N–H and O–H groups in total. The van der Waals surface area contributed by atoms with E-state index in [4.69, 9.17) is 4.74 Å². The lowest BCUT2D eigenvalue weighted by molar-refractivity contribution is -0.142. The third kappa shape index (κ3) is 2.03. The largest absolute Gasteiger partial charge is 0.496 e. The summed E-state index contributed by atoms with van der Waals surface area (Å²) in [7, 11) is 1.60. The summed E-state index contributed by atoms with van der Waals surface area (Å²) in [6.45, 7) is 0.408. The van der Waals surface area contributed by atoms with E-state index in [1.54, 1.807) is 7.11 Å². The number of aliphatic carboxylic acids is 1. The number of carboxylic acid groups (broad SMARTS) is 1. The van der Waals surface area contributed by atoms with Crippen molar-refractivity contribution in [2.75, 3.05) is 7.11 Å². The first-order valence-corrected chi connectivity index (χ1v) is 6.49. The maximum absolute atomic E-state index is 11.2. The lowest BCUT2D eigenvalue weighted by atomic mass is 9.99. The van der Waals surface area contributed by atoms with Crippen LogP contribution < -0.4 is 4.74 Å². The van der Waals surface area contributed by atoms with Gasteiger partial charge in [0.2, 0.25) is 0 Å². The summed E-state index contributed by atoms with van der Waals surface area (Å²) in [6.07, 6.45) is 1.25. The minimum atomic E-state index is -0.768. The molecule has 1 aromatic carbocycles. The quantitative estimate of drug-likeness (QED) is 0.919. The number of para-hydroxylation sites is 1. The highest BCUT2D eigenvalue weighted by molar-refractivity contribution is 5.70. The summed E-state index contributed by atoms with van der Waals surface area (Å²) in [5.41, 5.74) is 0.833. The van der Waals surface area contributed by atoms with Crippen LogP contribution in [0.15, 0.2) is 24.3 Å². The number of hydrogen-bond donors (Lipinski definition) is 1. The second kappa shape index (κ2) is 4.96. The number of rotatable bonds is 3. The van der Waals surface area contributed by atoms with E-state index in [1.807, 2.05) is 28.8 Å². The fourth-order valence-electron chi connectivity index (χ4n) is 2.56. The van der Waals surface area contributed by atoms with Crippen molar-refractivity contribution in [3.05, 3.63) is 30.1 Å². The first-order chi connectivity index (χ1) is 9.70. The predicted molar refractivity (Wildman–Crippen MR) is 71.5 cm³/mol. The number of carboxylic acids is 1. The molecule has 20 heavy (non-hydrogen) atoms. The highest BCUT2D eigenvalue weighted by Crippen LogP contribution is 2.31. The number of aryl methyl sites for hydroxylation is 1. The van der Waals surface area contributed by atoms with Gasteiger partial charge in [-0.25, -0.2) is 0 Å². The van der Waals surface area contributed by atoms with Gasteiger partial charge in [0.05, 0.1) is 18.6 Å². The van der Waals surface area contributed by atoms with Crippen molar-refractivity contribution in [1.29, 1.82) is 0 Å². The third-order valence-electron chi connectivity index (χ3n) is 3.64. The van der Waals surface area contributed by atoms with Gasteiger partial charge in [0.25, 0.3) is 0 Å². The molecule has 1 aromatic heterocycles. The number of carbonyl (C=O) groups is 1. The number of benzene rings is 1. The molecule has 1 unspecified atom stereocenters. The molecule has 1 aliphatic heterocycles. The zero-order valence-electron chi connectivity index (χ0n) is 11.1. The molecule has 0 radical (unpaired) electrons. The van der Waals surface area contributed by atoms with E-state index in [1.165, 1.54) is 0 Å². The van der Waals surface area contributed by atoms with Gasteiger partial charge in [0.1, 0.15) is 11.6 Å². The van der Waals surface area contributed by atoms with Crippen molar-refractivity contribution in [2.45, 2.75) is 19.4 Å². The van der Waals surface area contributed by atoms with Gasteiger partial charge in [-0.1, -0.05) is 12.1 Å². The highest BCUT2D eigenvalue weighted by Gasteiger charge is 2.28. The summed E-state index contributed by atoms with van der Waals surface area (Å²) in [6, 6.07) is 7.54. The topological polar surface area (TPSA) is 77.2 Å². The molecule has 0 aliphatic carbocycles. The molecule has 0 saturated heterocycles. The van der Waals surface area contributed by atoms with Crippen molar-refractivity contribution in [3.8, 4) is 17.1 Å².